The predicted octanol–water partition coefficient (Wildman–Crippen LogP) is 2.85. The first-order valence-corrected chi connectivity index (χ1v) is 9.39. The van der Waals surface area contributed by atoms with Gasteiger partial charge in [-0.2, -0.15) is 0 Å². The topological polar surface area (TPSA) is 77.6 Å². The highest BCUT2D eigenvalue weighted by Gasteiger charge is 2.22. The molecule has 1 aromatic heterocycles. The van der Waals surface area contributed by atoms with Gasteiger partial charge in [-0.1, -0.05) is 6.07 Å². The summed E-state index contributed by atoms with van der Waals surface area (Å²) in [6.45, 7) is 3.11. The van der Waals surface area contributed by atoms with Crippen molar-refractivity contribution in [3.8, 4) is 0 Å². The first-order chi connectivity index (χ1) is 13.2. The van der Waals surface area contributed by atoms with Gasteiger partial charge in [-0.05, 0) is 49.6 Å². The van der Waals surface area contributed by atoms with Crippen molar-refractivity contribution in [1.82, 2.24) is 10.3 Å². The lowest BCUT2D eigenvalue weighted by molar-refractivity contribution is 0.102. The van der Waals surface area contributed by atoms with Gasteiger partial charge in [0.1, 0.15) is 5.82 Å². The number of nitrogens with one attached hydrogen (secondary N) is 2. The van der Waals surface area contributed by atoms with Crippen LogP contribution in [0.1, 0.15) is 29.6 Å². The molecule has 0 aliphatic carbocycles. The second-order valence-corrected chi connectivity index (χ2v) is 6.81. The molecule has 1 aromatic carbocycles. The number of pyridine rings is 1. The lowest BCUT2D eigenvalue weighted by atomic mass is 10.1. The van der Waals surface area contributed by atoms with E-state index < -0.39 is 0 Å². The van der Waals surface area contributed by atoms with Crippen LogP contribution < -0.4 is 20.4 Å². The minimum Gasteiger partial charge on any atom is -0.356 e. The summed E-state index contributed by atoms with van der Waals surface area (Å²) in [6, 6.07) is 10.8. The van der Waals surface area contributed by atoms with Crippen LogP contribution in [0.5, 0.6) is 0 Å². The van der Waals surface area contributed by atoms with E-state index in [0.717, 1.165) is 37.4 Å². The van der Waals surface area contributed by atoms with Gasteiger partial charge in [-0.15, -0.1) is 0 Å². The Hall–Kier alpha value is -3.09. The number of carbonyl (C=O) groups is 2. The first-order valence-electron chi connectivity index (χ1n) is 9.39. The number of rotatable bonds is 4. The van der Waals surface area contributed by atoms with Crippen LogP contribution in [-0.2, 0) is 0 Å². The van der Waals surface area contributed by atoms with E-state index in [-0.39, 0.29) is 11.9 Å². The number of urea groups is 1. The number of anilines is 3. The Labute approximate surface area is 158 Å². The Morgan fingerprint density at radius 1 is 1.07 bits per heavy atom. The van der Waals surface area contributed by atoms with E-state index in [4.69, 9.17) is 0 Å². The van der Waals surface area contributed by atoms with Crippen LogP contribution in [0.3, 0.4) is 0 Å². The molecule has 27 heavy (non-hydrogen) atoms. The summed E-state index contributed by atoms with van der Waals surface area (Å²) >= 11 is 0. The smallest absolute Gasteiger partial charge is 0.321 e. The summed E-state index contributed by atoms with van der Waals surface area (Å²) in [7, 11) is 0. The maximum absolute atomic E-state index is 12.9. The molecule has 4 rings (SSSR count). The van der Waals surface area contributed by atoms with Crippen molar-refractivity contribution >= 4 is 29.1 Å². The number of hydrogen-bond donors (Lipinski definition) is 2. The van der Waals surface area contributed by atoms with E-state index in [9.17, 15) is 9.59 Å². The number of benzene rings is 1. The summed E-state index contributed by atoms with van der Waals surface area (Å²) in [5.41, 5.74) is 2.00. The number of aromatic nitrogens is 1. The number of piperidine rings is 1. The molecule has 2 aliphatic rings. The van der Waals surface area contributed by atoms with Gasteiger partial charge in [0.15, 0.2) is 0 Å². The van der Waals surface area contributed by atoms with Crippen LogP contribution in [-0.4, -0.2) is 43.1 Å². The van der Waals surface area contributed by atoms with Gasteiger partial charge >= 0.3 is 6.03 Å². The highest BCUT2D eigenvalue weighted by molar-refractivity contribution is 6.08. The minimum atomic E-state index is -0.188. The van der Waals surface area contributed by atoms with Crippen LogP contribution in [0.15, 0.2) is 42.6 Å². The summed E-state index contributed by atoms with van der Waals surface area (Å²) in [4.78, 5) is 33.1. The van der Waals surface area contributed by atoms with Crippen molar-refractivity contribution in [3.05, 3.63) is 48.2 Å². The Morgan fingerprint density at radius 3 is 2.70 bits per heavy atom. The van der Waals surface area contributed by atoms with E-state index >= 15 is 0 Å². The average molecular weight is 365 g/mol. The monoisotopic (exact) mass is 365 g/mol. The third kappa shape index (κ3) is 3.72. The Balaban J connectivity index is 1.54. The molecule has 2 saturated heterocycles. The quantitative estimate of drug-likeness (QED) is 0.873. The van der Waals surface area contributed by atoms with Gasteiger partial charge in [0, 0.05) is 43.8 Å². The maximum Gasteiger partial charge on any atom is 0.321 e. The predicted molar refractivity (Wildman–Crippen MR) is 105 cm³/mol. The lowest BCUT2D eigenvalue weighted by Gasteiger charge is -2.29. The molecule has 0 spiro atoms. The Bertz CT molecular complexity index is 848. The van der Waals surface area contributed by atoms with Gasteiger partial charge in [0.2, 0.25) is 0 Å². The minimum absolute atomic E-state index is 0.113. The lowest BCUT2D eigenvalue weighted by Crippen LogP contribution is -2.32. The third-order valence-electron chi connectivity index (χ3n) is 4.96. The molecule has 0 saturated carbocycles. The zero-order chi connectivity index (χ0) is 18.6. The molecular weight excluding hydrogens is 342 g/mol. The fraction of sp³-hybridized carbons (Fsp3) is 0.350. The van der Waals surface area contributed by atoms with Crippen molar-refractivity contribution < 1.29 is 9.59 Å². The maximum atomic E-state index is 12.9. The molecule has 7 nitrogen and oxygen atoms in total. The highest BCUT2D eigenvalue weighted by Crippen LogP contribution is 2.24. The van der Waals surface area contributed by atoms with Crippen molar-refractivity contribution in [2.75, 3.05) is 41.3 Å². The van der Waals surface area contributed by atoms with Crippen LogP contribution in [0.4, 0.5) is 22.0 Å². The largest absolute Gasteiger partial charge is 0.356 e. The SMILES string of the molecule is O=C(Nc1cccc(N2CCNC2=O)c1)c1cccnc1N1CCCCC1. The zero-order valence-corrected chi connectivity index (χ0v) is 15.1. The molecule has 3 heterocycles. The number of hydrogen-bond acceptors (Lipinski definition) is 4. The molecule has 2 aliphatic heterocycles. The molecule has 7 heteroatoms. The van der Waals surface area contributed by atoms with Crippen molar-refractivity contribution in [3.63, 3.8) is 0 Å². The molecule has 3 amide bonds. The average Bonchev–Trinajstić information content (AvgIpc) is 3.15. The first kappa shape index (κ1) is 17.3. The highest BCUT2D eigenvalue weighted by atomic mass is 16.2. The van der Waals surface area contributed by atoms with Gasteiger partial charge in [-0.3, -0.25) is 9.69 Å². The molecule has 0 radical (unpaired) electrons. The van der Waals surface area contributed by atoms with Crippen LogP contribution in [0.25, 0.3) is 0 Å². The molecule has 2 aromatic rings. The standard InChI is InChI=1S/C20H23N5O2/c26-19(17-8-5-9-21-18(17)24-11-2-1-3-12-24)23-15-6-4-7-16(14-15)25-13-10-22-20(25)27/h4-9,14H,1-3,10-13H2,(H,22,27)(H,23,26). The van der Waals surface area contributed by atoms with Gasteiger partial charge in [-0.25, -0.2) is 9.78 Å². The fourth-order valence-electron chi connectivity index (χ4n) is 3.60. The second kappa shape index (κ2) is 7.65. The van der Waals surface area contributed by atoms with Gasteiger partial charge in [0.05, 0.1) is 5.56 Å². The number of carbonyl (C=O) groups excluding carboxylic acids is 2. The van der Waals surface area contributed by atoms with Gasteiger partial charge < -0.3 is 15.5 Å². The fourth-order valence-corrected chi connectivity index (χ4v) is 3.60. The van der Waals surface area contributed by atoms with Crippen LogP contribution in [0.2, 0.25) is 0 Å². The normalized spacial score (nSPS) is 17.0. The summed E-state index contributed by atoms with van der Waals surface area (Å²) in [5.74, 6) is 0.552. The summed E-state index contributed by atoms with van der Waals surface area (Å²) in [6.07, 6.45) is 5.20. The van der Waals surface area contributed by atoms with E-state index in [1.165, 1.54) is 6.42 Å². The molecule has 0 unspecified atom stereocenters. The van der Waals surface area contributed by atoms with Crippen LogP contribution >= 0.6 is 0 Å². The van der Waals surface area contributed by atoms with E-state index in [0.29, 0.717) is 24.3 Å². The van der Waals surface area contributed by atoms with Gasteiger partial charge in [0.25, 0.3) is 5.91 Å². The molecule has 2 fully saturated rings. The third-order valence-corrected chi connectivity index (χ3v) is 4.96. The second-order valence-electron chi connectivity index (χ2n) is 6.81. The zero-order valence-electron chi connectivity index (χ0n) is 15.1. The van der Waals surface area contributed by atoms with E-state index in [1.54, 1.807) is 17.2 Å². The molecule has 2 N–H and O–H groups in total. The Morgan fingerprint density at radius 2 is 1.93 bits per heavy atom. The number of nitrogens with zero attached hydrogens (tertiary/aromatic N) is 3. The van der Waals surface area contributed by atoms with E-state index in [1.807, 2.05) is 30.3 Å². The van der Waals surface area contributed by atoms with Crippen LogP contribution in [0, 0.1) is 0 Å². The summed E-state index contributed by atoms with van der Waals surface area (Å²) in [5, 5.41) is 5.74. The molecule has 0 atom stereocenters. The van der Waals surface area contributed by atoms with Crippen molar-refractivity contribution in [2.24, 2.45) is 0 Å². The van der Waals surface area contributed by atoms with E-state index in [2.05, 4.69) is 20.5 Å². The van der Waals surface area contributed by atoms with Crippen molar-refractivity contribution in [1.29, 1.82) is 0 Å². The molecule has 0 bridgehead atoms. The molecular formula is C20H23N5O2. The molecule has 140 valence electrons. The number of amides is 3. The summed E-state index contributed by atoms with van der Waals surface area (Å²) < 4.78 is 0. The van der Waals surface area contributed by atoms with Crippen molar-refractivity contribution in [2.45, 2.75) is 19.3 Å². The Kier molecular flexibility index (Phi) is 4.91.